The van der Waals surface area contributed by atoms with Gasteiger partial charge in [0.25, 0.3) is 0 Å². The van der Waals surface area contributed by atoms with E-state index in [0.29, 0.717) is 6.04 Å². The molecule has 0 radical (unpaired) electrons. The fourth-order valence-electron chi connectivity index (χ4n) is 11.7. The van der Waals surface area contributed by atoms with Crippen molar-refractivity contribution in [1.82, 2.24) is 9.55 Å². The first-order valence-corrected chi connectivity index (χ1v) is 24.4. The normalized spacial score (nSPS) is 15.1. The van der Waals surface area contributed by atoms with Crippen LogP contribution in [0.25, 0.3) is 38.8 Å². The highest BCUT2D eigenvalue weighted by atomic mass is 16.5. The summed E-state index contributed by atoms with van der Waals surface area (Å²) in [5.74, 6) is 2.48. The van der Waals surface area contributed by atoms with Crippen LogP contribution in [0, 0.1) is 0 Å². The lowest BCUT2D eigenvalue weighted by molar-refractivity contribution is 0.482. The molecule has 340 valence electrons. The number of pyridine rings is 1. The number of rotatable bonds is 4. The van der Waals surface area contributed by atoms with Crippen molar-refractivity contribution in [3.05, 3.63) is 172 Å². The molecule has 0 N–H and O–H groups in total. The summed E-state index contributed by atoms with van der Waals surface area (Å²) in [6.45, 7) is 34.2. The van der Waals surface area contributed by atoms with Gasteiger partial charge in [0.15, 0.2) is 0 Å². The van der Waals surface area contributed by atoms with Crippen molar-refractivity contribution in [2.75, 3.05) is 16.5 Å². The fourth-order valence-corrected chi connectivity index (χ4v) is 11.7. The molecule has 1 aliphatic carbocycles. The summed E-state index contributed by atoms with van der Waals surface area (Å²) in [4.78, 5) is 9.97. The zero-order valence-electron chi connectivity index (χ0n) is 42.1. The summed E-state index contributed by atoms with van der Waals surface area (Å²) in [6.07, 6.45) is 1.86. The van der Waals surface area contributed by atoms with E-state index in [2.05, 4.69) is 227 Å². The molecule has 0 saturated heterocycles. The van der Waals surface area contributed by atoms with E-state index in [-0.39, 0.29) is 21.7 Å². The molecule has 0 atom stereocenters. The topological polar surface area (TPSA) is 33.5 Å². The smallest absolute Gasteiger partial charge is 0.137 e. The van der Waals surface area contributed by atoms with Crippen LogP contribution in [0.5, 0.6) is 11.5 Å². The van der Waals surface area contributed by atoms with Gasteiger partial charge >= 0.3 is 0 Å². The lowest BCUT2D eigenvalue weighted by Crippen LogP contribution is -2.41. The Labute approximate surface area is 398 Å². The van der Waals surface area contributed by atoms with Gasteiger partial charge in [-0.1, -0.05) is 150 Å². The summed E-state index contributed by atoms with van der Waals surface area (Å²) in [6, 6.07) is 45.9. The molecule has 5 nitrogen and oxygen atoms in total. The number of para-hydroxylation sites is 2. The highest BCUT2D eigenvalue weighted by Crippen LogP contribution is 2.68. The van der Waals surface area contributed by atoms with Crippen molar-refractivity contribution in [3.8, 4) is 28.4 Å². The van der Waals surface area contributed by atoms with Gasteiger partial charge in [-0.05, 0) is 134 Å². The van der Waals surface area contributed by atoms with E-state index in [1.807, 2.05) is 12.3 Å². The molecule has 5 heteroatoms. The Morgan fingerprint density at radius 2 is 1.13 bits per heavy atom. The average molecular weight is 883 g/mol. The Balaban J connectivity index is 1.22. The van der Waals surface area contributed by atoms with Crippen LogP contribution >= 0.6 is 0 Å². The van der Waals surface area contributed by atoms with Gasteiger partial charge in [0, 0.05) is 35.1 Å². The molecular formula is C62H66N4O. The predicted molar refractivity (Wildman–Crippen MR) is 282 cm³/mol. The first kappa shape index (κ1) is 43.3. The molecule has 2 aromatic heterocycles. The maximum Gasteiger partial charge on any atom is 0.137 e. The van der Waals surface area contributed by atoms with E-state index in [1.165, 1.54) is 83.5 Å². The third-order valence-corrected chi connectivity index (χ3v) is 15.0. The molecule has 0 fully saturated rings. The molecule has 11 rings (SSSR count). The average Bonchev–Trinajstić information content (AvgIpc) is 3.91. The Kier molecular flexibility index (Phi) is 9.26. The molecule has 6 aromatic carbocycles. The third-order valence-electron chi connectivity index (χ3n) is 15.0. The number of hydrogen-bond donors (Lipinski definition) is 0. The van der Waals surface area contributed by atoms with Crippen molar-refractivity contribution in [2.45, 2.75) is 130 Å². The van der Waals surface area contributed by atoms with Gasteiger partial charge in [0.05, 0.1) is 40.2 Å². The van der Waals surface area contributed by atoms with E-state index >= 15 is 0 Å². The Morgan fingerprint density at radius 1 is 0.537 bits per heavy atom. The van der Waals surface area contributed by atoms with Crippen LogP contribution in [0.1, 0.15) is 141 Å². The van der Waals surface area contributed by atoms with Crippen molar-refractivity contribution in [1.29, 1.82) is 0 Å². The zero-order valence-corrected chi connectivity index (χ0v) is 42.1. The van der Waals surface area contributed by atoms with Gasteiger partial charge in [-0.3, -0.25) is 4.57 Å². The van der Waals surface area contributed by atoms with Crippen LogP contribution in [0.15, 0.2) is 128 Å². The lowest BCUT2D eigenvalue weighted by Gasteiger charge is -2.46. The second kappa shape index (κ2) is 14.3. The SMILES string of the molecule is CC(C)N1CN2c3cc(Oc4ccc5c6ccccc6n(-c6ccccn6)c5c4)ccc3C3(c4cccc1c42)c1c(cc(C(C)(C)C)cc1C(C)(C)C)-c1cc(C(C)(C)C)cc(C(C)(C)C)c13. The predicted octanol–water partition coefficient (Wildman–Crippen LogP) is 16.2. The highest BCUT2D eigenvalue weighted by Gasteiger charge is 2.57. The lowest BCUT2D eigenvalue weighted by atomic mass is 9.59. The number of ether oxygens (including phenoxy) is 1. The summed E-state index contributed by atoms with van der Waals surface area (Å²) in [5, 5.41) is 2.36. The van der Waals surface area contributed by atoms with E-state index in [0.717, 1.165) is 35.0 Å². The third kappa shape index (κ3) is 6.36. The molecule has 3 aliphatic rings. The summed E-state index contributed by atoms with van der Waals surface area (Å²) in [7, 11) is 0. The number of fused-ring (bicyclic) bond motifs is 12. The van der Waals surface area contributed by atoms with Gasteiger partial charge in [-0.15, -0.1) is 0 Å². The number of hydrogen-bond acceptors (Lipinski definition) is 4. The Hall–Kier alpha value is -6.33. The quantitative estimate of drug-likeness (QED) is 0.176. The standard InChI is InChI=1S/C62H66N4O/c1-37(2)64-36-65-53-35-41(67-40-25-27-43-42-20-15-16-22-50(42)66(52(43)34-40)54-24-17-18-29-63-54)26-28-46(53)62(47-21-19-23-51(64)57(47)65)55-44(30-38(58(3,4)5)32-48(55)60(9,10)11)45-31-39(59(6,7)8)33-49(56(45)62)61(12,13)14/h15-35,37H,36H2,1-14H3. The molecule has 0 unspecified atom stereocenters. The molecule has 2 aliphatic heterocycles. The maximum absolute atomic E-state index is 7.09. The van der Waals surface area contributed by atoms with E-state index < -0.39 is 5.41 Å². The van der Waals surface area contributed by atoms with Gasteiger partial charge in [0.2, 0.25) is 0 Å². The number of anilines is 3. The second-order valence-electron chi connectivity index (χ2n) is 23.9. The first-order chi connectivity index (χ1) is 31.6. The number of nitrogens with zero attached hydrogens (tertiary/aromatic N) is 4. The summed E-state index contributed by atoms with van der Waals surface area (Å²) >= 11 is 0. The monoisotopic (exact) mass is 883 g/mol. The molecule has 1 spiro atoms. The molecule has 0 bridgehead atoms. The van der Waals surface area contributed by atoms with Gasteiger partial charge in [-0.2, -0.15) is 0 Å². The van der Waals surface area contributed by atoms with Crippen LogP contribution in [0.3, 0.4) is 0 Å². The van der Waals surface area contributed by atoms with Crippen LogP contribution in [0.4, 0.5) is 17.1 Å². The van der Waals surface area contributed by atoms with Gasteiger partial charge in [0.1, 0.15) is 17.3 Å². The molecule has 8 aromatic rings. The van der Waals surface area contributed by atoms with Gasteiger partial charge in [-0.25, -0.2) is 4.98 Å². The van der Waals surface area contributed by atoms with Crippen LogP contribution < -0.4 is 14.5 Å². The van der Waals surface area contributed by atoms with E-state index in [4.69, 9.17) is 9.72 Å². The Morgan fingerprint density at radius 3 is 1.73 bits per heavy atom. The number of aromatic nitrogens is 2. The zero-order chi connectivity index (χ0) is 47.3. The maximum atomic E-state index is 7.09. The molecular weight excluding hydrogens is 817 g/mol. The summed E-state index contributed by atoms with van der Waals surface area (Å²) in [5.41, 5.74) is 18.8. The van der Waals surface area contributed by atoms with Crippen molar-refractivity contribution >= 4 is 38.9 Å². The minimum absolute atomic E-state index is 0.0479. The first-order valence-electron chi connectivity index (χ1n) is 24.4. The van der Waals surface area contributed by atoms with Gasteiger partial charge < -0.3 is 14.5 Å². The van der Waals surface area contributed by atoms with Crippen LogP contribution in [0.2, 0.25) is 0 Å². The number of benzene rings is 6. The molecule has 67 heavy (non-hydrogen) atoms. The minimum Gasteiger partial charge on any atom is -0.457 e. The minimum atomic E-state index is -0.617. The van der Waals surface area contributed by atoms with E-state index in [9.17, 15) is 0 Å². The molecule has 0 saturated carbocycles. The van der Waals surface area contributed by atoms with Crippen molar-refractivity contribution < 1.29 is 4.74 Å². The second-order valence-corrected chi connectivity index (χ2v) is 23.9. The van der Waals surface area contributed by atoms with Crippen molar-refractivity contribution in [3.63, 3.8) is 0 Å². The Bertz CT molecular complexity index is 3240. The van der Waals surface area contributed by atoms with Crippen molar-refractivity contribution in [2.24, 2.45) is 0 Å². The largest absolute Gasteiger partial charge is 0.457 e. The molecule has 0 amide bonds. The van der Waals surface area contributed by atoms with Crippen LogP contribution in [-0.2, 0) is 27.1 Å². The highest BCUT2D eigenvalue weighted by molar-refractivity contribution is 6.09. The summed E-state index contributed by atoms with van der Waals surface area (Å²) < 4.78 is 9.34. The fraction of sp³-hybridized carbons (Fsp3) is 0.339. The van der Waals surface area contributed by atoms with Crippen LogP contribution in [-0.4, -0.2) is 22.3 Å². The molecule has 4 heterocycles. The van der Waals surface area contributed by atoms with E-state index in [1.54, 1.807) is 0 Å².